The molecule has 1 N–H and O–H groups in total. The van der Waals surface area contributed by atoms with Crippen molar-refractivity contribution in [1.29, 1.82) is 0 Å². The van der Waals surface area contributed by atoms with Gasteiger partial charge in [-0.3, -0.25) is 9.59 Å². The van der Waals surface area contributed by atoms with E-state index in [0.717, 1.165) is 25.3 Å². The molecule has 0 atom stereocenters. The molecular weight excluding hydrogens is 270 g/mol. The maximum absolute atomic E-state index is 11.5. The quantitative estimate of drug-likeness (QED) is 0.891. The van der Waals surface area contributed by atoms with Crippen molar-refractivity contribution in [3.63, 3.8) is 0 Å². The van der Waals surface area contributed by atoms with Gasteiger partial charge in [-0.2, -0.15) is 0 Å². The van der Waals surface area contributed by atoms with Crippen molar-refractivity contribution >= 4 is 23.5 Å². The minimum absolute atomic E-state index is 0.0466. The zero-order valence-electron chi connectivity index (χ0n) is 12.5. The van der Waals surface area contributed by atoms with Gasteiger partial charge in [-0.25, -0.2) is 0 Å². The number of aromatic nitrogens is 2. The first-order valence-corrected chi connectivity index (χ1v) is 7.24. The zero-order valence-corrected chi connectivity index (χ0v) is 12.5. The molecule has 1 saturated heterocycles. The van der Waals surface area contributed by atoms with Crippen LogP contribution in [0.25, 0.3) is 0 Å². The van der Waals surface area contributed by atoms with E-state index in [9.17, 15) is 9.59 Å². The van der Waals surface area contributed by atoms with E-state index in [4.69, 9.17) is 0 Å². The molecule has 0 radical (unpaired) electrons. The van der Waals surface area contributed by atoms with Crippen LogP contribution in [0.1, 0.15) is 26.7 Å². The van der Waals surface area contributed by atoms with Crippen LogP contribution in [0.4, 0.5) is 11.6 Å². The van der Waals surface area contributed by atoms with Gasteiger partial charge in [-0.1, -0.05) is 6.92 Å². The number of nitrogens with one attached hydrogen (secondary N) is 1. The molecule has 21 heavy (non-hydrogen) atoms. The molecule has 1 fully saturated rings. The number of carbonyl (C=O) groups excluding carboxylic acids is 2. The summed E-state index contributed by atoms with van der Waals surface area (Å²) in [6, 6.07) is 3.60. The first-order chi connectivity index (χ1) is 10.1. The Bertz CT molecular complexity index is 495. The van der Waals surface area contributed by atoms with Gasteiger partial charge in [0.2, 0.25) is 11.8 Å². The molecule has 114 valence electrons. The van der Waals surface area contributed by atoms with Gasteiger partial charge in [0.15, 0.2) is 11.6 Å². The van der Waals surface area contributed by atoms with Crippen LogP contribution in [0.15, 0.2) is 12.1 Å². The van der Waals surface area contributed by atoms with Gasteiger partial charge in [0.25, 0.3) is 0 Å². The van der Waals surface area contributed by atoms with Crippen LogP contribution in [0.2, 0.25) is 0 Å². The lowest BCUT2D eigenvalue weighted by molar-refractivity contribution is -0.129. The summed E-state index contributed by atoms with van der Waals surface area (Å²) in [5.41, 5.74) is 0. The van der Waals surface area contributed by atoms with E-state index >= 15 is 0 Å². The van der Waals surface area contributed by atoms with Crippen LogP contribution < -0.4 is 10.2 Å². The molecule has 0 aliphatic carbocycles. The maximum Gasteiger partial charge on any atom is 0.225 e. The molecule has 0 spiro atoms. The average Bonchev–Trinajstić information content (AvgIpc) is 2.48. The summed E-state index contributed by atoms with van der Waals surface area (Å²) in [5.74, 6) is 1.30. The van der Waals surface area contributed by atoms with Crippen molar-refractivity contribution in [3.8, 4) is 0 Å². The Morgan fingerprint density at radius 1 is 1.19 bits per heavy atom. The molecule has 7 nitrogen and oxygen atoms in total. The normalized spacial score (nSPS) is 15.0. The minimum Gasteiger partial charge on any atom is -0.352 e. The molecule has 1 aliphatic rings. The second kappa shape index (κ2) is 7.01. The molecule has 0 bridgehead atoms. The van der Waals surface area contributed by atoms with Gasteiger partial charge < -0.3 is 15.1 Å². The van der Waals surface area contributed by atoms with Crippen molar-refractivity contribution in [1.82, 2.24) is 15.1 Å². The van der Waals surface area contributed by atoms with E-state index in [2.05, 4.69) is 20.4 Å². The fourth-order valence-corrected chi connectivity index (χ4v) is 2.24. The highest BCUT2D eigenvalue weighted by Crippen LogP contribution is 2.14. The van der Waals surface area contributed by atoms with Crippen LogP contribution in [0.5, 0.6) is 0 Å². The third-order valence-corrected chi connectivity index (χ3v) is 3.44. The molecule has 1 aromatic heterocycles. The van der Waals surface area contributed by atoms with Gasteiger partial charge in [0.1, 0.15) is 0 Å². The molecule has 1 aromatic rings. The summed E-state index contributed by atoms with van der Waals surface area (Å²) in [5, 5.41) is 10.9. The van der Waals surface area contributed by atoms with Crippen molar-refractivity contribution in [3.05, 3.63) is 12.1 Å². The smallest absolute Gasteiger partial charge is 0.225 e. The predicted molar refractivity (Wildman–Crippen MR) is 80.0 cm³/mol. The van der Waals surface area contributed by atoms with Crippen LogP contribution in [0, 0.1) is 0 Å². The Labute approximate surface area is 124 Å². The van der Waals surface area contributed by atoms with Crippen molar-refractivity contribution in [2.45, 2.75) is 26.7 Å². The van der Waals surface area contributed by atoms with E-state index < -0.39 is 0 Å². The molecule has 0 aromatic carbocycles. The monoisotopic (exact) mass is 291 g/mol. The highest BCUT2D eigenvalue weighted by Gasteiger charge is 2.19. The highest BCUT2D eigenvalue weighted by atomic mass is 16.2. The van der Waals surface area contributed by atoms with Crippen molar-refractivity contribution in [2.75, 3.05) is 36.4 Å². The lowest BCUT2D eigenvalue weighted by Crippen LogP contribution is -2.48. The Balaban J connectivity index is 1.91. The topological polar surface area (TPSA) is 78.4 Å². The van der Waals surface area contributed by atoms with E-state index in [-0.39, 0.29) is 11.8 Å². The molecular formula is C14H21N5O2. The highest BCUT2D eigenvalue weighted by molar-refractivity contribution is 5.89. The van der Waals surface area contributed by atoms with Gasteiger partial charge in [0, 0.05) is 39.5 Å². The van der Waals surface area contributed by atoms with E-state index in [1.165, 1.54) is 0 Å². The second-order valence-electron chi connectivity index (χ2n) is 5.07. The van der Waals surface area contributed by atoms with Crippen molar-refractivity contribution < 1.29 is 9.59 Å². The fourth-order valence-electron chi connectivity index (χ4n) is 2.24. The fraction of sp³-hybridized carbons (Fsp3) is 0.571. The molecule has 7 heteroatoms. The predicted octanol–water partition coefficient (Wildman–Crippen LogP) is 0.884. The Morgan fingerprint density at radius 3 is 2.43 bits per heavy atom. The number of piperazine rings is 1. The Kier molecular flexibility index (Phi) is 5.08. The molecule has 1 aliphatic heterocycles. The number of anilines is 2. The third kappa shape index (κ3) is 4.14. The number of hydrogen-bond donors (Lipinski definition) is 1. The first kappa shape index (κ1) is 15.2. The lowest BCUT2D eigenvalue weighted by atomic mass is 10.3. The maximum atomic E-state index is 11.5. The van der Waals surface area contributed by atoms with Gasteiger partial charge in [-0.05, 0) is 18.6 Å². The van der Waals surface area contributed by atoms with Crippen LogP contribution in [0.3, 0.4) is 0 Å². The molecule has 2 heterocycles. The molecule has 0 saturated carbocycles. The third-order valence-electron chi connectivity index (χ3n) is 3.44. The molecule has 0 unspecified atom stereocenters. The SMILES string of the molecule is CCCC(=O)Nc1ccc(N2CCN(C(C)=O)CC2)nn1. The lowest BCUT2D eigenvalue weighted by Gasteiger charge is -2.34. The summed E-state index contributed by atoms with van der Waals surface area (Å²) in [6.07, 6.45) is 1.29. The standard InChI is InChI=1S/C14H21N5O2/c1-3-4-14(21)15-12-5-6-13(17-16-12)19-9-7-18(8-10-19)11(2)20/h5-6H,3-4,7-10H2,1-2H3,(H,15,16,21). The number of hydrogen-bond acceptors (Lipinski definition) is 5. The van der Waals surface area contributed by atoms with Gasteiger partial charge in [-0.15, -0.1) is 10.2 Å². The number of rotatable bonds is 4. The average molecular weight is 291 g/mol. The van der Waals surface area contributed by atoms with Crippen LogP contribution >= 0.6 is 0 Å². The Hall–Kier alpha value is -2.18. The zero-order chi connectivity index (χ0) is 15.2. The van der Waals surface area contributed by atoms with Crippen LogP contribution in [-0.4, -0.2) is 53.1 Å². The molecule has 2 rings (SSSR count). The van der Waals surface area contributed by atoms with Crippen molar-refractivity contribution in [2.24, 2.45) is 0 Å². The second-order valence-corrected chi connectivity index (χ2v) is 5.07. The Morgan fingerprint density at radius 2 is 1.90 bits per heavy atom. The number of carbonyl (C=O) groups is 2. The summed E-state index contributed by atoms with van der Waals surface area (Å²) in [4.78, 5) is 26.7. The first-order valence-electron chi connectivity index (χ1n) is 7.24. The molecule has 2 amide bonds. The van der Waals surface area contributed by atoms with E-state index in [1.54, 1.807) is 13.0 Å². The van der Waals surface area contributed by atoms with Crippen LogP contribution in [-0.2, 0) is 9.59 Å². The van der Waals surface area contributed by atoms with Gasteiger partial charge in [0.05, 0.1) is 0 Å². The van der Waals surface area contributed by atoms with Gasteiger partial charge >= 0.3 is 0 Å². The summed E-state index contributed by atoms with van der Waals surface area (Å²) < 4.78 is 0. The summed E-state index contributed by atoms with van der Waals surface area (Å²) in [6.45, 7) is 6.43. The van der Waals surface area contributed by atoms with E-state index in [1.807, 2.05) is 17.9 Å². The number of nitrogens with zero attached hydrogens (tertiary/aromatic N) is 4. The van der Waals surface area contributed by atoms with E-state index in [0.29, 0.717) is 25.3 Å². The summed E-state index contributed by atoms with van der Waals surface area (Å²) in [7, 11) is 0. The summed E-state index contributed by atoms with van der Waals surface area (Å²) >= 11 is 0. The minimum atomic E-state index is -0.0466. The number of amides is 2. The largest absolute Gasteiger partial charge is 0.352 e.